The molecular formula is C12H24N4O2. The summed E-state index contributed by atoms with van der Waals surface area (Å²) in [5, 5.41) is 0. The van der Waals surface area contributed by atoms with Crippen molar-refractivity contribution in [1.29, 1.82) is 0 Å². The molecule has 0 bridgehead atoms. The van der Waals surface area contributed by atoms with Crippen LogP contribution in [-0.2, 0) is 9.53 Å². The van der Waals surface area contributed by atoms with Crippen LogP contribution in [0.5, 0.6) is 0 Å². The molecule has 2 saturated heterocycles. The molecule has 0 aromatic heterocycles. The number of nitrogens with two attached hydrogens (primary N) is 1. The molecule has 18 heavy (non-hydrogen) atoms. The van der Waals surface area contributed by atoms with Gasteiger partial charge in [0.05, 0.1) is 6.10 Å². The second-order valence-electron chi connectivity index (χ2n) is 5.07. The van der Waals surface area contributed by atoms with E-state index in [4.69, 9.17) is 10.6 Å². The van der Waals surface area contributed by atoms with Gasteiger partial charge in [-0.1, -0.05) is 6.92 Å². The monoisotopic (exact) mass is 256 g/mol. The highest BCUT2D eigenvalue weighted by Crippen LogP contribution is 2.21. The summed E-state index contributed by atoms with van der Waals surface area (Å²) >= 11 is 0. The van der Waals surface area contributed by atoms with Crippen molar-refractivity contribution in [3.05, 3.63) is 0 Å². The molecule has 0 radical (unpaired) electrons. The molecule has 0 aromatic rings. The van der Waals surface area contributed by atoms with Crippen molar-refractivity contribution in [3.63, 3.8) is 0 Å². The Hall–Kier alpha value is -0.690. The van der Waals surface area contributed by atoms with Gasteiger partial charge in [0.15, 0.2) is 0 Å². The van der Waals surface area contributed by atoms with Crippen LogP contribution in [0.3, 0.4) is 0 Å². The topological polar surface area (TPSA) is 70.8 Å². The Balaban J connectivity index is 1.70. The van der Waals surface area contributed by atoms with Crippen LogP contribution in [0.2, 0.25) is 0 Å². The molecule has 2 heterocycles. The Kier molecular flexibility index (Phi) is 4.94. The quantitative estimate of drug-likeness (QED) is 0.390. The maximum absolute atomic E-state index is 11.4. The van der Waals surface area contributed by atoms with E-state index in [0.717, 1.165) is 52.1 Å². The normalized spacial score (nSPS) is 30.6. The molecule has 6 nitrogen and oxygen atoms in total. The van der Waals surface area contributed by atoms with Crippen LogP contribution in [0.4, 0.5) is 0 Å². The average Bonchev–Trinajstić information content (AvgIpc) is 2.87. The Morgan fingerprint density at radius 3 is 2.56 bits per heavy atom. The molecule has 2 rings (SSSR count). The fraction of sp³-hybridized carbons (Fsp3) is 0.917. The zero-order chi connectivity index (χ0) is 13.0. The Morgan fingerprint density at radius 2 is 1.94 bits per heavy atom. The average molecular weight is 256 g/mol. The SMILES string of the molecule is CCN1CCN(CC2CCC(C(=O)NN)O2)CC1. The number of hydrazine groups is 1. The van der Waals surface area contributed by atoms with Crippen LogP contribution in [-0.4, -0.2) is 67.2 Å². The summed E-state index contributed by atoms with van der Waals surface area (Å²) in [4.78, 5) is 16.2. The van der Waals surface area contributed by atoms with Gasteiger partial charge in [-0.2, -0.15) is 0 Å². The van der Waals surface area contributed by atoms with Crippen LogP contribution >= 0.6 is 0 Å². The van der Waals surface area contributed by atoms with Gasteiger partial charge >= 0.3 is 0 Å². The summed E-state index contributed by atoms with van der Waals surface area (Å²) < 4.78 is 5.72. The fourth-order valence-corrected chi connectivity index (χ4v) is 2.70. The van der Waals surface area contributed by atoms with E-state index in [1.807, 2.05) is 0 Å². The number of amides is 1. The first kappa shape index (κ1) is 13.7. The fourth-order valence-electron chi connectivity index (χ4n) is 2.70. The first-order valence-electron chi connectivity index (χ1n) is 6.83. The minimum absolute atomic E-state index is 0.181. The van der Waals surface area contributed by atoms with E-state index in [1.165, 1.54) is 0 Å². The van der Waals surface area contributed by atoms with Gasteiger partial charge in [0.2, 0.25) is 0 Å². The lowest BCUT2D eigenvalue weighted by atomic mass is 10.1. The number of nitrogens with one attached hydrogen (secondary N) is 1. The first-order valence-corrected chi connectivity index (χ1v) is 6.83. The number of nitrogens with zero attached hydrogens (tertiary/aromatic N) is 2. The summed E-state index contributed by atoms with van der Waals surface area (Å²) in [6.45, 7) is 8.74. The van der Waals surface area contributed by atoms with E-state index < -0.39 is 0 Å². The molecule has 6 heteroatoms. The number of carbonyl (C=O) groups is 1. The number of rotatable bonds is 4. The van der Waals surface area contributed by atoms with E-state index >= 15 is 0 Å². The van der Waals surface area contributed by atoms with E-state index in [2.05, 4.69) is 22.1 Å². The van der Waals surface area contributed by atoms with E-state index in [1.54, 1.807) is 0 Å². The van der Waals surface area contributed by atoms with Crippen molar-refractivity contribution in [2.45, 2.75) is 32.0 Å². The predicted octanol–water partition coefficient (Wildman–Crippen LogP) is -0.839. The minimum Gasteiger partial charge on any atom is -0.364 e. The molecular weight excluding hydrogens is 232 g/mol. The van der Waals surface area contributed by atoms with Gasteiger partial charge in [0.25, 0.3) is 5.91 Å². The Bertz CT molecular complexity index is 279. The smallest absolute Gasteiger partial charge is 0.263 e. The van der Waals surface area contributed by atoms with Gasteiger partial charge in [-0.05, 0) is 19.4 Å². The number of carbonyl (C=O) groups excluding carboxylic acids is 1. The summed E-state index contributed by atoms with van der Waals surface area (Å²) in [6, 6.07) is 0. The molecule has 2 aliphatic heterocycles. The van der Waals surface area contributed by atoms with Crippen molar-refractivity contribution in [2.24, 2.45) is 5.84 Å². The summed E-state index contributed by atoms with van der Waals surface area (Å²) in [7, 11) is 0. The second kappa shape index (κ2) is 6.47. The van der Waals surface area contributed by atoms with Gasteiger partial charge < -0.3 is 9.64 Å². The summed E-state index contributed by atoms with van der Waals surface area (Å²) in [6.07, 6.45) is 1.56. The molecule has 104 valence electrons. The molecule has 0 aromatic carbocycles. The van der Waals surface area contributed by atoms with Crippen LogP contribution in [0.25, 0.3) is 0 Å². The van der Waals surface area contributed by atoms with Crippen molar-refractivity contribution < 1.29 is 9.53 Å². The Morgan fingerprint density at radius 1 is 1.28 bits per heavy atom. The van der Waals surface area contributed by atoms with E-state index in [-0.39, 0.29) is 18.1 Å². The molecule has 0 aliphatic carbocycles. The third-order valence-electron chi connectivity index (χ3n) is 3.92. The number of ether oxygens (including phenoxy) is 1. The van der Waals surface area contributed by atoms with Gasteiger partial charge in [-0.3, -0.25) is 15.1 Å². The summed E-state index contributed by atoms with van der Waals surface area (Å²) in [5.41, 5.74) is 2.16. The lowest BCUT2D eigenvalue weighted by Gasteiger charge is -2.35. The molecule has 2 fully saturated rings. The lowest BCUT2D eigenvalue weighted by molar-refractivity contribution is -0.132. The molecule has 2 atom stereocenters. The molecule has 2 unspecified atom stereocenters. The van der Waals surface area contributed by atoms with Gasteiger partial charge in [0.1, 0.15) is 6.10 Å². The molecule has 0 saturated carbocycles. The van der Waals surface area contributed by atoms with Crippen molar-refractivity contribution in [3.8, 4) is 0 Å². The van der Waals surface area contributed by atoms with Crippen LogP contribution in [0.1, 0.15) is 19.8 Å². The highest BCUT2D eigenvalue weighted by atomic mass is 16.5. The van der Waals surface area contributed by atoms with Gasteiger partial charge in [-0.25, -0.2) is 5.84 Å². The molecule has 1 amide bonds. The number of hydrogen-bond donors (Lipinski definition) is 2. The van der Waals surface area contributed by atoms with Gasteiger partial charge in [-0.15, -0.1) is 0 Å². The zero-order valence-electron chi connectivity index (χ0n) is 11.1. The Labute approximate surface area is 108 Å². The number of likely N-dealkylation sites (N-methyl/N-ethyl adjacent to an activating group) is 1. The summed E-state index contributed by atoms with van der Waals surface area (Å²) in [5.74, 6) is 4.92. The van der Waals surface area contributed by atoms with Crippen molar-refractivity contribution >= 4 is 5.91 Å². The number of hydrogen-bond acceptors (Lipinski definition) is 5. The largest absolute Gasteiger partial charge is 0.364 e. The maximum Gasteiger partial charge on any atom is 0.263 e. The van der Waals surface area contributed by atoms with Crippen LogP contribution in [0, 0.1) is 0 Å². The minimum atomic E-state index is -0.350. The molecule has 2 aliphatic rings. The second-order valence-corrected chi connectivity index (χ2v) is 5.07. The molecule has 3 N–H and O–H groups in total. The maximum atomic E-state index is 11.4. The van der Waals surface area contributed by atoms with Crippen LogP contribution < -0.4 is 11.3 Å². The predicted molar refractivity (Wildman–Crippen MR) is 68.8 cm³/mol. The molecule has 0 spiro atoms. The highest BCUT2D eigenvalue weighted by molar-refractivity contribution is 5.80. The third-order valence-corrected chi connectivity index (χ3v) is 3.92. The van der Waals surface area contributed by atoms with Crippen molar-refractivity contribution in [1.82, 2.24) is 15.2 Å². The van der Waals surface area contributed by atoms with E-state index in [9.17, 15) is 4.79 Å². The highest BCUT2D eigenvalue weighted by Gasteiger charge is 2.31. The number of piperazine rings is 1. The van der Waals surface area contributed by atoms with Crippen LogP contribution in [0.15, 0.2) is 0 Å². The van der Waals surface area contributed by atoms with Gasteiger partial charge in [0, 0.05) is 32.7 Å². The van der Waals surface area contributed by atoms with E-state index in [0.29, 0.717) is 0 Å². The lowest BCUT2D eigenvalue weighted by Crippen LogP contribution is -2.48. The van der Waals surface area contributed by atoms with Crippen molar-refractivity contribution in [2.75, 3.05) is 39.3 Å². The first-order chi connectivity index (χ1) is 8.72. The third kappa shape index (κ3) is 3.41. The standard InChI is InChI=1S/C12H24N4O2/c1-2-15-5-7-16(8-6-15)9-10-3-4-11(18-10)12(17)14-13/h10-11H,2-9,13H2,1H3,(H,14,17). The zero-order valence-corrected chi connectivity index (χ0v) is 11.1.